The minimum absolute atomic E-state index is 0.0457. The normalized spacial score (nSPS) is 16.5. The SMILES string of the molecule is CC(C)(CN)c1cc2c(c(C(C)(C)CN)c1)SPO2. The standard InChI is InChI=1S/C14H23N2OPS/c1-13(2,7-15)9-5-10(14(3,4)8-16)12-11(6-9)17-18-19-12/h5-6,18H,7-8,15-16H2,1-4H3. The summed E-state index contributed by atoms with van der Waals surface area (Å²) in [6, 6.07) is 4.41. The van der Waals surface area contributed by atoms with Crippen molar-refractivity contribution in [2.45, 2.75) is 43.4 Å². The highest BCUT2D eigenvalue weighted by Crippen LogP contribution is 2.55. The predicted octanol–water partition coefficient (Wildman–Crippen LogP) is 3.15. The summed E-state index contributed by atoms with van der Waals surface area (Å²) in [5, 5.41) is 0. The summed E-state index contributed by atoms with van der Waals surface area (Å²) in [5.41, 5.74) is 14.3. The van der Waals surface area contributed by atoms with Crippen LogP contribution in [0.15, 0.2) is 17.0 Å². The lowest BCUT2D eigenvalue weighted by atomic mass is 9.78. The van der Waals surface area contributed by atoms with E-state index >= 15 is 0 Å². The first-order chi connectivity index (χ1) is 8.81. The molecule has 0 fully saturated rings. The number of hydrogen-bond acceptors (Lipinski definition) is 4. The quantitative estimate of drug-likeness (QED) is 0.838. The second kappa shape index (κ2) is 5.25. The Morgan fingerprint density at radius 3 is 2.32 bits per heavy atom. The first kappa shape index (κ1) is 15.1. The van der Waals surface area contributed by atoms with E-state index in [9.17, 15) is 0 Å². The zero-order valence-corrected chi connectivity index (χ0v) is 13.9. The van der Waals surface area contributed by atoms with Crippen molar-refractivity contribution in [3.63, 3.8) is 0 Å². The van der Waals surface area contributed by atoms with Crippen LogP contribution in [-0.4, -0.2) is 13.1 Å². The fourth-order valence-corrected chi connectivity index (χ4v) is 4.38. The second-order valence-electron chi connectivity index (χ2n) is 6.31. The lowest BCUT2D eigenvalue weighted by Crippen LogP contribution is -2.31. The Morgan fingerprint density at radius 2 is 1.74 bits per heavy atom. The molecule has 1 heterocycles. The number of hydrogen-bond donors (Lipinski definition) is 2. The zero-order chi connectivity index (χ0) is 14.3. The van der Waals surface area contributed by atoms with E-state index in [-0.39, 0.29) is 10.8 Å². The van der Waals surface area contributed by atoms with Crippen molar-refractivity contribution in [3.05, 3.63) is 23.3 Å². The van der Waals surface area contributed by atoms with Gasteiger partial charge in [0.2, 0.25) is 0 Å². The van der Waals surface area contributed by atoms with Gasteiger partial charge in [0.25, 0.3) is 0 Å². The summed E-state index contributed by atoms with van der Waals surface area (Å²) < 4.78 is 5.77. The molecule has 0 aromatic heterocycles. The van der Waals surface area contributed by atoms with Gasteiger partial charge in [0.15, 0.2) is 0 Å². The largest absolute Gasteiger partial charge is 0.465 e. The molecule has 0 aliphatic carbocycles. The smallest absolute Gasteiger partial charge is 0.139 e. The summed E-state index contributed by atoms with van der Waals surface area (Å²) in [7, 11) is 0.448. The van der Waals surface area contributed by atoms with Gasteiger partial charge < -0.3 is 16.0 Å². The fourth-order valence-electron chi connectivity index (χ4n) is 2.01. The van der Waals surface area contributed by atoms with Gasteiger partial charge in [0.05, 0.1) is 4.90 Å². The van der Waals surface area contributed by atoms with Gasteiger partial charge >= 0.3 is 0 Å². The zero-order valence-electron chi connectivity index (χ0n) is 12.0. The maximum absolute atomic E-state index is 5.95. The summed E-state index contributed by atoms with van der Waals surface area (Å²) >= 11 is 1.78. The van der Waals surface area contributed by atoms with Gasteiger partial charge in [-0.05, 0) is 17.2 Å². The van der Waals surface area contributed by atoms with Crippen LogP contribution in [0.2, 0.25) is 0 Å². The number of rotatable bonds is 4. The van der Waals surface area contributed by atoms with E-state index in [4.69, 9.17) is 16.0 Å². The molecule has 1 aliphatic rings. The number of benzene rings is 1. The van der Waals surface area contributed by atoms with E-state index in [0.29, 0.717) is 21.1 Å². The Bertz CT molecular complexity index is 489. The van der Waals surface area contributed by atoms with Crippen LogP contribution in [0, 0.1) is 0 Å². The van der Waals surface area contributed by atoms with Gasteiger partial charge in [-0.2, -0.15) is 0 Å². The molecule has 0 saturated carbocycles. The molecule has 106 valence electrons. The molecule has 0 saturated heterocycles. The Balaban J connectivity index is 2.60. The van der Waals surface area contributed by atoms with Crippen molar-refractivity contribution in [1.29, 1.82) is 0 Å². The van der Waals surface area contributed by atoms with E-state index in [2.05, 4.69) is 39.8 Å². The van der Waals surface area contributed by atoms with Crippen LogP contribution in [0.25, 0.3) is 0 Å². The minimum Gasteiger partial charge on any atom is -0.465 e. The Labute approximate surface area is 121 Å². The summed E-state index contributed by atoms with van der Waals surface area (Å²) in [6.45, 7) is 9.93. The van der Waals surface area contributed by atoms with E-state index in [1.54, 1.807) is 11.4 Å². The molecule has 1 aromatic carbocycles. The molecule has 0 radical (unpaired) electrons. The molecular weight excluding hydrogens is 275 g/mol. The van der Waals surface area contributed by atoms with E-state index in [1.807, 2.05) is 0 Å². The topological polar surface area (TPSA) is 61.3 Å². The predicted molar refractivity (Wildman–Crippen MR) is 85.4 cm³/mol. The molecule has 4 N–H and O–H groups in total. The third-order valence-electron chi connectivity index (χ3n) is 3.88. The van der Waals surface area contributed by atoms with Crippen molar-refractivity contribution < 1.29 is 4.52 Å². The third-order valence-corrected chi connectivity index (χ3v) is 6.01. The van der Waals surface area contributed by atoms with Gasteiger partial charge in [-0.25, -0.2) is 0 Å². The van der Waals surface area contributed by atoms with Crippen LogP contribution in [0.1, 0.15) is 38.8 Å². The highest BCUT2D eigenvalue weighted by Gasteiger charge is 2.31. The van der Waals surface area contributed by atoms with Crippen LogP contribution in [0.5, 0.6) is 5.75 Å². The van der Waals surface area contributed by atoms with Gasteiger partial charge in [-0.3, -0.25) is 0 Å². The molecule has 0 spiro atoms. The summed E-state index contributed by atoms with van der Waals surface area (Å²) in [6.07, 6.45) is 0. The molecule has 1 atom stereocenters. The van der Waals surface area contributed by atoms with Gasteiger partial charge in [0.1, 0.15) is 13.8 Å². The molecule has 19 heavy (non-hydrogen) atoms. The van der Waals surface area contributed by atoms with Crippen LogP contribution in [0.4, 0.5) is 0 Å². The van der Waals surface area contributed by atoms with Crippen molar-refractivity contribution in [2.75, 3.05) is 13.1 Å². The molecule has 2 rings (SSSR count). The van der Waals surface area contributed by atoms with Crippen molar-refractivity contribution in [2.24, 2.45) is 11.5 Å². The lowest BCUT2D eigenvalue weighted by Gasteiger charge is -2.29. The second-order valence-corrected chi connectivity index (χ2v) is 8.41. The molecule has 3 nitrogen and oxygen atoms in total. The molecule has 1 aliphatic heterocycles. The van der Waals surface area contributed by atoms with Crippen LogP contribution in [-0.2, 0) is 10.8 Å². The van der Waals surface area contributed by atoms with Crippen LogP contribution in [0.3, 0.4) is 0 Å². The average Bonchev–Trinajstić information content (AvgIpc) is 2.85. The van der Waals surface area contributed by atoms with Gasteiger partial charge in [-0.15, -0.1) is 0 Å². The first-order valence-electron chi connectivity index (χ1n) is 6.49. The molecule has 1 unspecified atom stereocenters. The van der Waals surface area contributed by atoms with E-state index in [0.717, 1.165) is 5.75 Å². The van der Waals surface area contributed by atoms with Crippen LogP contribution < -0.4 is 16.0 Å². The van der Waals surface area contributed by atoms with Crippen molar-refractivity contribution >= 4 is 19.4 Å². The number of fused-ring (bicyclic) bond motifs is 1. The Kier molecular flexibility index (Phi) is 4.18. The van der Waals surface area contributed by atoms with Crippen LogP contribution >= 0.6 is 19.4 Å². The lowest BCUT2D eigenvalue weighted by molar-refractivity contribution is 0.503. The number of nitrogens with two attached hydrogens (primary N) is 2. The minimum atomic E-state index is -0.0474. The maximum Gasteiger partial charge on any atom is 0.139 e. The molecule has 5 heteroatoms. The highest BCUT2D eigenvalue weighted by atomic mass is 32.7. The monoisotopic (exact) mass is 298 g/mol. The van der Waals surface area contributed by atoms with E-state index < -0.39 is 0 Å². The first-order valence-corrected chi connectivity index (χ1v) is 8.94. The van der Waals surface area contributed by atoms with Gasteiger partial charge in [-0.1, -0.05) is 45.1 Å². The van der Waals surface area contributed by atoms with Crippen molar-refractivity contribution in [1.82, 2.24) is 0 Å². The fraction of sp³-hybridized carbons (Fsp3) is 0.571. The summed E-state index contributed by atoms with van der Waals surface area (Å²) in [5.74, 6) is 0.999. The Hall–Kier alpha value is -0.280. The highest BCUT2D eigenvalue weighted by molar-refractivity contribution is 8.48. The van der Waals surface area contributed by atoms with Crippen molar-refractivity contribution in [3.8, 4) is 5.75 Å². The molecule has 1 aromatic rings. The average molecular weight is 298 g/mol. The molecular formula is C14H23N2OPS. The Morgan fingerprint density at radius 1 is 1.11 bits per heavy atom. The molecule has 0 bridgehead atoms. The van der Waals surface area contributed by atoms with Gasteiger partial charge in [0, 0.05) is 23.9 Å². The summed E-state index contributed by atoms with van der Waals surface area (Å²) in [4.78, 5) is 1.25. The third kappa shape index (κ3) is 2.78. The molecule has 0 amide bonds. The maximum atomic E-state index is 5.95. The van der Waals surface area contributed by atoms with E-state index in [1.165, 1.54) is 16.0 Å².